The minimum atomic E-state index is -0.0581. The third-order valence-electron chi connectivity index (χ3n) is 4.47. The standard InChI is InChI=1S/C20H19ClN4OS2.ClH/c1-2-14-4-5-15-17(12-14)28-20(23-15)25(10-3-9-24-11-8-22-13-24)19(26)16-6-7-18(21)27-16;/h4-8,11-13H,2-3,9-10H2,1H3;1H. The zero-order chi connectivity index (χ0) is 19.5. The summed E-state index contributed by atoms with van der Waals surface area (Å²) in [6.07, 6.45) is 7.25. The van der Waals surface area contributed by atoms with Crippen LogP contribution in [0.25, 0.3) is 10.2 Å². The molecule has 0 saturated heterocycles. The summed E-state index contributed by atoms with van der Waals surface area (Å²) in [7, 11) is 0. The van der Waals surface area contributed by atoms with Gasteiger partial charge in [0.15, 0.2) is 5.13 Å². The highest BCUT2D eigenvalue weighted by molar-refractivity contribution is 7.22. The summed E-state index contributed by atoms with van der Waals surface area (Å²) in [6.45, 7) is 3.50. The molecule has 1 aromatic carbocycles. The van der Waals surface area contributed by atoms with Crippen LogP contribution >= 0.6 is 46.7 Å². The number of carbonyl (C=O) groups is 1. The predicted octanol–water partition coefficient (Wildman–Crippen LogP) is 5.93. The molecule has 5 nitrogen and oxygen atoms in total. The number of benzene rings is 1. The number of thiophene rings is 1. The lowest BCUT2D eigenvalue weighted by atomic mass is 10.2. The number of amides is 1. The number of carbonyl (C=O) groups excluding carboxylic acids is 1. The van der Waals surface area contributed by atoms with Crippen molar-refractivity contribution < 1.29 is 4.79 Å². The maximum Gasteiger partial charge on any atom is 0.270 e. The van der Waals surface area contributed by atoms with Gasteiger partial charge in [0.1, 0.15) is 0 Å². The fourth-order valence-corrected chi connectivity index (χ4v) is 5.01. The maximum absolute atomic E-state index is 13.2. The van der Waals surface area contributed by atoms with Crippen molar-refractivity contribution in [3.05, 3.63) is 63.8 Å². The van der Waals surface area contributed by atoms with E-state index in [-0.39, 0.29) is 18.3 Å². The van der Waals surface area contributed by atoms with Gasteiger partial charge in [-0.1, -0.05) is 35.9 Å². The van der Waals surface area contributed by atoms with Crippen molar-refractivity contribution in [2.24, 2.45) is 0 Å². The quantitative estimate of drug-likeness (QED) is 0.339. The molecule has 0 aliphatic heterocycles. The van der Waals surface area contributed by atoms with Crippen LogP contribution in [0.4, 0.5) is 5.13 Å². The molecule has 0 saturated carbocycles. The Kier molecular flexibility index (Phi) is 7.29. The molecule has 4 aromatic rings. The van der Waals surface area contributed by atoms with Crippen LogP contribution in [0, 0.1) is 0 Å². The second-order valence-corrected chi connectivity index (χ2v) is 9.09. The monoisotopic (exact) mass is 466 g/mol. The molecule has 0 bridgehead atoms. The average Bonchev–Trinajstić information content (AvgIpc) is 3.44. The molecular weight excluding hydrogens is 447 g/mol. The van der Waals surface area contributed by atoms with Gasteiger partial charge in [0.25, 0.3) is 5.91 Å². The number of anilines is 1. The van der Waals surface area contributed by atoms with Crippen molar-refractivity contribution in [1.29, 1.82) is 0 Å². The van der Waals surface area contributed by atoms with Gasteiger partial charge in [-0.15, -0.1) is 23.7 Å². The van der Waals surface area contributed by atoms with Crippen LogP contribution in [-0.2, 0) is 13.0 Å². The molecule has 4 rings (SSSR count). The summed E-state index contributed by atoms with van der Waals surface area (Å²) in [5.41, 5.74) is 2.19. The molecule has 1 amide bonds. The van der Waals surface area contributed by atoms with Gasteiger partial charge in [0, 0.05) is 25.5 Å². The number of hydrogen-bond donors (Lipinski definition) is 0. The molecule has 29 heavy (non-hydrogen) atoms. The van der Waals surface area contributed by atoms with Gasteiger partial charge in [0.05, 0.1) is 25.8 Å². The van der Waals surface area contributed by atoms with E-state index in [0.717, 1.165) is 34.7 Å². The molecule has 0 fully saturated rings. The largest absolute Gasteiger partial charge is 0.337 e. The molecule has 0 spiro atoms. The van der Waals surface area contributed by atoms with E-state index in [2.05, 4.69) is 24.0 Å². The number of hydrogen-bond acceptors (Lipinski definition) is 5. The maximum atomic E-state index is 13.2. The van der Waals surface area contributed by atoms with Crippen molar-refractivity contribution in [3.63, 3.8) is 0 Å². The summed E-state index contributed by atoms with van der Waals surface area (Å²) in [5.74, 6) is -0.0581. The van der Waals surface area contributed by atoms with E-state index >= 15 is 0 Å². The van der Waals surface area contributed by atoms with Crippen LogP contribution in [0.5, 0.6) is 0 Å². The summed E-state index contributed by atoms with van der Waals surface area (Å²) in [4.78, 5) is 24.4. The molecule has 3 aromatic heterocycles. The van der Waals surface area contributed by atoms with E-state index in [1.165, 1.54) is 16.9 Å². The van der Waals surface area contributed by atoms with Crippen LogP contribution in [0.1, 0.15) is 28.6 Å². The fourth-order valence-electron chi connectivity index (χ4n) is 2.97. The molecule has 3 heterocycles. The molecule has 9 heteroatoms. The highest BCUT2D eigenvalue weighted by Crippen LogP contribution is 2.32. The summed E-state index contributed by atoms with van der Waals surface area (Å²) in [6, 6.07) is 9.82. The zero-order valence-corrected chi connectivity index (χ0v) is 19.0. The topological polar surface area (TPSA) is 51.0 Å². The number of rotatable bonds is 7. The van der Waals surface area contributed by atoms with Crippen LogP contribution in [0.15, 0.2) is 49.1 Å². The van der Waals surface area contributed by atoms with Crippen molar-refractivity contribution in [3.8, 4) is 0 Å². The third kappa shape index (κ3) is 4.98. The lowest BCUT2D eigenvalue weighted by molar-refractivity contribution is 0.0990. The minimum Gasteiger partial charge on any atom is -0.337 e. The van der Waals surface area contributed by atoms with Crippen molar-refractivity contribution in [2.45, 2.75) is 26.3 Å². The Balaban J connectivity index is 0.00000240. The normalized spacial score (nSPS) is 10.8. The molecule has 0 N–H and O–H groups in total. The predicted molar refractivity (Wildman–Crippen MR) is 124 cm³/mol. The summed E-state index contributed by atoms with van der Waals surface area (Å²) < 4.78 is 3.72. The molecular formula is C20H20Cl2N4OS2. The van der Waals surface area contributed by atoms with Gasteiger partial charge in [-0.25, -0.2) is 9.97 Å². The van der Waals surface area contributed by atoms with Crippen LogP contribution in [0.3, 0.4) is 0 Å². The molecule has 0 aliphatic rings. The van der Waals surface area contributed by atoms with Crippen molar-refractivity contribution >= 4 is 67.9 Å². The smallest absolute Gasteiger partial charge is 0.270 e. The van der Waals surface area contributed by atoms with Crippen LogP contribution in [0.2, 0.25) is 4.34 Å². The van der Waals surface area contributed by atoms with Gasteiger partial charge in [-0.3, -0.25) is 9.69 Å². The van der Waals surface area contributed by atoms with E-state index in [0.29, 0.717) is 15.8 Å². The third-order valence-corrected chi connectivity index (χ3v) is 6.73. The Morgan fingerprint density at radius 2 is 2.10 bits per heavy atom. The van der Waals surface area contributed by atoms with Crippen LogP contribution < -0.4 is 4.90 Å². The number of imidazole rings is 1. The van der Waals surface area contributed by atoms with E-state index in [4.69, 9.17) is 16.6 Å². The van der Waals surface area contributed by atoms with E-state index in [1.54, 1.807) is 40.9 Å². The van der Waals surface area contributed by atoms with Crippen molar-refractivity contribution in [1.82, 2.24) is 14.5 Å². The fraction of sp³-hybridized carbons (Fsp3) is 0.250. The first kappa shape index (κ1) is 21.8. The Morgan fingerprint density at radius 3 is 2.79 bits per heavy atom. The molecule has 0 aliphatic carbocycles. The number of nitrogens with zero attached hydrogens (tertiary/aromatic N) is 4. The highest BCUT2D eigenvalue weighted by Gasteiger charge is 2.22. The Labute approximate surface area is 188 Å². The average molecular weight is 467 g/mol. The van der Waals surface area contributed by atoms with E-state index < -0.39 is 0 Å². The molecule has 0 unspecified atom stereocenters. The van der Waals surface area contributed by atoms with Crippen molar-refractivity contribution in [2.75, 3.05) is 11.4 Å². The Hall–Kier alpha value is -1.93. The minimum absolute atomic E-state index is 0. The zero-order valence-electron chi connectivity index (χ0n) is 15.7. The first-order valence-electron chi connectivity index (χ1n) is 9.06. The number of thiazole rings is 1. The van der Waals surface area contributed by atoms with E-state index in [9.17, 15) is 4.79 Å². The van der Waals surface area contributed by atoms with Gasteiger partial charge in [-0.05, 0) is 42.7 Å². The SMILES string of the molecule is CCc1ccc2nc(N(CCCn3ccnc3)C(=O)c3ccc(Cl)s3)sc2c1.Cl. The second-order valence-electron chi connectivity index (χ2n) is 6.37. The number of halogens is 2. The first-order chi connectivity index (χ1) is 13.6. The number of aromatic nitrogens is 3. The Morgan fingerprint density at radius 1 is 1.24 bits per heavy atom. The van der Waals surface area contributed by atoms with Gasteiger partial charge >= 0.3 is 0 Å². The number of aryl methyl sites for hydroxylation is 2. The summed E-state index contributed by atoms with van der Waals surface area (Å²) >= 11 is 8.91. The summed E-state index contributed by atoms with van der Waals surface area (Å²) in [5, 5.41) is 0.725. The number of fused-ring (bicyclic) bond motifs is 1. The molecule has 0 radical (unpaired) electrons. The Bertz CT molecular complexity index is 1090. The molecule has 152 valence electrons. The lowest BCUT2D eigenvalue weighted by Crippen LogP contribution is -2.31. The lowest BCUT2D eigenvalue weighted by Gasteiger charge is -2.19. The highest BCUT2D eigenvalue weighted by atomic mass is 35.5. The first-order valence-corrected chi connectivity index (χ1v) is 11.1. The van der Waals surface area contributed by atoms with Gasteiger partial charge in [0.2, 0.25) is 0 Å². The van der Waals surface area contributed by atoms with Crippen LogP contribution in [-0.4, -0.2) is 27.0 Å². The van der Waals surface area contributed by atoms with Gasteiger partial charge < -0.3 is 4.57 Å². The second kappa shape index (κ2) is 9.71. The van der Waals surface area contributed by atoms with E-state index in [1.807, 2.05) is 16.8 Å². The molecule has 0 atom stereocenters. The van der Waals surface area contributed by atoms with Gasteiger partial charge in [-0.2, -0.15) is 0 Å².